The molecule has 2 aliphatic heterocycles. The molecule has 2 aromatic heterocycles. The average Bonchev–Trinajstić information content (AvgIpc) is 3.66. The number of halogens is 5. The Morgan fingerprint density at radius 1 is 1.20 bits per heavy atom. The predicted octanol–water partition coefficient (Wildman–Crippen LogP) is 6.23. The second-order valence-corrected chi connectivity index (χ2v) is 13.2. The van der Waals surface area contributed by atoms with Crippen LogP contribution in [0.1, 0.15) is 49.7 Å². The van der Waals surface area contributed by atoms with Gasteiger partial charge in [-0.25, -0.2) is 8.78 Å². The molecule has 7 rings (SSSR count). The summed E-state index contributed by atoms with van der Waals surface area (Å²) in [6, 6.07) is 4.17. The standard InChI is InChI=1S/C31H29F5N6O2S/c1-41(15-10-16(43)11-15)28-18-12-20(31(34,35)36)23(17-4-5-21(32)26-22(17)19(13-37)27(38)45-26)24(33)25(18)39-29(40-28)44-14-30-6-2-8-42(30)9-3-7-30/h4-5,12,15-16,43H,2-3,6-11,14,38H2,1H3. The van der Waals surface area contributed by atoms with E-state index in [2.05, 4.69) is 14.9 Å². The van der Waals surface area contributed by atoms with Gasteiger partial charge in [0.15, 0.2) is 5.82 Å². The number of aliphatic hydroxyl groups excluding tert-OH is 1. The van der Waals surface area contributed by atoms with Crippen LogP contribution in [0.2, 0.25) is 0 Å². The number of ether oxygens (including phenoxy) is 1. The van der Waals surface area contributed by atoms with E-state index in [0.29, 0.717) is 24.2 Å². The quantitative estimate of drug-likeness (QED) is 0.238. The van der Waals surface area contributed by atoms with Crippen molar-refractivity contribution in [3.05, 3.63) is 41.0 Å². The van der Waals surface area contributed by atoms with Gasteiger partial charge in [-0.2, -0.15) is 28.4 Å². The van der Waals surface area contributed by atoms with Crippen LogP contribution >= 0.6 is 11.3 Å². The van der Waals surface area contributed by atoms with E-state index in [-0.39, 0.29) is 61.6 Å². The molecule has 236 valence electrons. The third-order valence-electron chi connectivity index (χ3n) is 9.65. The maximum Gasteiger partial charge on any atom is 0.417 e. The van der Waals surface area contributed by atoms with Crippen LogP contribution in [0.5, 0.6) is 6.01 Å². The normalized spacial score (nSPS) is 21.2. The molecule has 0 atom stereocenters. The number of nitrogen functional groups attached to an aromatic ring is 1. The summed E-state index contributed by atoms with van der Waals surface area (Å²) in [6.45, 7) is 2.14. The molecule has 1 saturated carbocycles. The molecular formula is C31H29F5N6O2S. The highest BCUT2D eigenvalue weighted by Gasteiger charge is 2.45. The Hall–Kier alpha value is -3.80. The molecule has 0 amide bonds. The summed E-state index contributed by atoms with van der Waals surface area (Å²) in [5.41, 5.74) is 2.57. The molecule has 4 heterocycles. The lowest BCUT2D eigenvalue weighted by atomic mass is 9.88. The van der Waals surface area contributed by atoms with Crippen molar-refractivity contribution in [2.24, 2.45) is 0 Å². The predicted molar refractivity (Wildman–Crippen MR) is 160 cm³/mol. The SMILES string of the molecule is CN(c1nc(OCC23CCCN2CCC3)nc2c(F)c(-c3ccc(F)c4sc(N)c(C#N)c34)c(C(F)(F)F)cc12)C1CC(O)C1. The average molecular weight is 645 g/mol. The van der Waals surface area contributed by atoms with Crippen LogP contribution in [0, 0.1) is 23.0 Å². The van der Waals surface area contributed by atoms with Crippen LogP contribution in [-0.4, -0.2) is 64.4 Å². The third kappa shape index (κ3) is 4.74. The van der Waals surface area contributed by atoms with Crippen molar-refractivity contribution in [1.82, 2.24) is 14.9 Å². The maximum atomic E-state index is 16.8. The number of aliphatic hydroxyl groups is 1. The molecule has 2 aromatic carbocycles. The minimum atomic E-state index is -5.05. The van der Waals surface area contributed by atoms with Crippen LogP contribution < -0.4 is 15.4 Å². The lowest BCUT2D eigenvalue weighted by Crippen LogP contribution is -2.46. The number of alkyl halides is 3. The number of hydrogen-bond acceptors (Lipinski definition) is 9. The van der Waals surface area contributed by atoms with E-state index in [0.717, 1.165) is 57.0 Å². The van der Waals surface area contributed by atoms with Crippen LogP contribution in [-0.2, 0) is 6.18 Å². The summed E-state index contributed by atoms with van der Waals surface area (Å²) in [5.74, 6) is -2.06. The first kappa shape index (κ1) is 29.9. The highest BCUT2D eigenvalue weighted by atomic mass is 32.1. The maximum absolute atomic E-state index is 16.8. The van der Waals surface area contributed by atoms with Crippen molar-refractivity contribution in [2.75, 3.05) is 37.4 Å². The van der Waals surface area contributed by atoms with Crippen molar-refractivity contribution in [3.63, 3.8) is 0 Å². The smallest absolute Gasteiger partial charge is 0.417 e. The molecule has 0 bridgehead atoms. The number of nitriles is 1. The second kappa shape index (κ2) is 10.6. The Balaban J connectivity index is 1.46. The Morgan fingerprint density at radius 3 is 2.56 bits per heavy atom. The highest BCUT2D eigenvalue weighted by molar-refractivity contribution is 7.23. The molecular weight excluding hydrogens is 615 g/mol. The molecule has 14 heteroatoms. The first-order valence-electron chi connectivity index (χ1n) is 14.7. The summed E-state index contributed by atoms with van der Waals surface area (Å²) in [4.78, 5) is 12.8. The number of thiophene rings is 1. The number of rotatable bonds is 6. The minimum absolute atomic E-state index is 0.0387. The van der Waals surface area contributed by atoms with Crippen molar-refractivity contribution < 1.29 is 31.8 Å². The minimum Gasteiger partial charge on any atom is -0.461 e. The zero-order chi connectivity index (χ0) is 31.8. The molecule has 3 fully saturated rings. The van der Waals surface area contributed by atoms with E-state index >= 15 is 4.39 Å². The Morgan fingerprint density at radius 2 is 1.91 bits per heavy atom. The van der Waals surface area contributed by atoms with E-state index < -0.39 is 40.6 Å². The van der Waals surface area contributed by atoms with Gasteiger partial charge in [0.25, 0.3) is 0 Å². The van der Waals surface area contributed by atoms with E-state index in [1.54, 1.807) is 11.9 Å². The zero-order valence-electron chi connectivity index (χ0n) is 24.2. The molecule has 45 heavy (non-hydrogen) atoms. The van der Waals surface area contributed by atoms with Crippen molar-refractivity contribution in [1.29, 1.82) is 5.26 Å². The van der Waals surface area contributed by atoms with Crippen molar-refractivity contribution in [3.8, 4) is 23.2 Å². The van der Waals surface area contributed by atoms with Crippen LogP contribution in [0.25, 0.3) is 32.1 Å². The van der Waals surface area contributed by atoms with Gasteiger partial charge in [-0.3, -0.25) is 4.90 Å². The van der Waals surface area contributed by atoms with Gasteiger partial charge in [-0.1, -0.05) is 6.07 Å². The number of fused-ring (bicyclic) bond motifs is 3. The first-order chi connectivity index (χ1) is 21.4. The lowest BCUT2D eigenvalue weighted by molar-refractivity contribution is -0.137. The van der Waals surface area contributed by atoms with Gasteiger partial charge in [0.2, 0.25) is 0 Å². The van der Waals surface area contributed by atoms with Gasteiger partial charge in [-0.15, -0.1) is 11.3 Å². The zero-order valence-corrected chi connectivity index (χ0v) is 25.0. The van der Waals surface area contributed by atoms with Gasteiger partial charge < -0.3 is 20.5 Å². The highest BCUT2D eigenvalue weighted by Crippen LogP contribution is 2.48. The number of hydrogen-bond donors (Lipinski definition) is 2. The Bertz CT molecular complexity index is 1870. The summed E-state index contributed by atoms with van der Waals surface area (Å²) in [6.07, 6.45) is -0.994. The van der Waals surface area contributed by atoms with Gasteiger partial charge >= 0.3 is 12.2 Å². The molecule has 3 N–H and O–H groups in total. The van der Waals surface area contributed by atoms with E-state index in [1.165, 1.54) is 0 Å². The topological polar surface area (TPSA) is 112 Å². The van der Waals surface area contributed by atoms with Crippen LogP contribution in [0.15, 0.2) is 18.2 Å². The van der Waals surface area contributed by atoms with Gasteiger partial charge in [-0.05, 0) is 69.3 Å². The number of nitrogens with zero attached hydrogens (tertiary/aromatic N) is 5. The van der Waals surface area contributed by atoms with Crippen molar-refractivity contribution >= 4 is 43.1 Å². The fourth-order valence-corrected chi connectivity index (χ4v) is 8.18. The molecule has 0 radical (unpaired) electrons. The van der Waals surface area contributed by atoms with E-state index in [4.69, 9.17) is 10.5 Å². The second-order valence-electron chi connectivity index (χ2n) is 12.2. The van der Waals surface area contributed by atoms with Gasteiger partial charge in [0.05, 0.1) is 27.5 Å². The fourth-order valence-electron chi connectivity index (χ4n) is 7.23. The summed E-state index contributed by atoms with van der Waals surface area (Å²) in [7, 11) is 1.63. The van der Waals surface area contributed by atoms with Gasteiger partial charge in [0.1, 0.15) is 34.8 Å². The molecule has 8 nitrogen and oxygen atoms in total. The fraction of sp³-hybridized carbons (Fsp3) is 0.452. The lowest BCUT2D eigenvalue weighted by Gasteiger charge is -2.39. The first-order valence-corrected chi connectivity index (χ1v) is 15.5. The molecule has 0 unspecified atom stereocenters. The summed E-state index contributed by atoms with van der Waals surface area (Å²) in [5, 5.41) is 19.2. The largest absolute Gasteiger partial charge is 0.461 e. The Labute approximate surface area is 258 Å². The molecule has 1 aliphatic carbocycles. The van der Waals surface area contributed by atoms with Crippen LogP contribution in [0.3, 0.4) is 0 Å². The summed E-state index contributed by atoms with van der Waals surface area (Å²) < 4.78 is 82.0. The van der Waals surface area contributed by atoms with Gasteiger partial charge in [0, 0.05) is 29.4 Å². The molecule has 3 aliphatic rings. The van der Waals surface area contributed by atoms with E-state index in [1.807, 2.05) is 6.07 Å². The number of benzene rings is 2. The monoisotopic (exact) mass is 644 g/mol. The number of anilines is 2. The van der Waals surface area contributed by atoms with Crippen LogP contribution in [0.4, 0.5) is 32.8 Å². The Kier molecular flexibility index (Phi) is 7.07. The molecule has 4 aromatic rings. The molecule has 0 spiro atoms. The third-order valence-corrected chi connectivity index (χ3v) is 10.7. The number of nitrogens with two attached hydrogens (primary N) is 1. The number of aromatic nitrogens is 2. The molecule has 2 saturated heterocycles. The van der Waals surface area contributed by atoms with Crippen molar-refractivity contribution in [2.45, 2.75) is 62.4 Å². The summed E-state index contributed by atoms with van der Waals surface area (Å²) >= 11 is 0.708. The van der Waals surface area contributed by atoms with E-state index in [9.17, 15) is 27.9 Å².